The first-order valence-corrected chi connectivity index (χ1v) is 11.7. The molecule has 0 aliphatic rings. The van der Waals surface area contributed by atoms with Crippen LogP contribution in [0.1, 0.15) is 6.92 Å². The lowest BCUT2D eigenvalue weighted by Gasteiger charge is -2.10. The van der Waals surface area contributed by atoms with Gasteiger partial charge in [-0.25, -0.2) is 4.98 Å². The van der Waals surface area contributed by atoms with E-state index >= 15 is 0 Å². The van der Waals surface area contributed by atoms with Crippen molar-refractivity contribution in [2.45, 2.75) is 11.8 Å². The Morgan fingerprint density at radius 1 is 0.969 bits per heavy atom. The fourth-order valence-corrected chi connectivity index (χ4v) is 4.44. The van der Waals surface area contributed by atoms with Crippen molar-refractivity contribution in [1.29, 1.82) is 0 Å². The van der Waals surface area contributed by atoms with E-state index < -0.39 is 10.1 Å². The SMILES string of the molecule is CC(=O)Nc1ccc(S(=O)(=O)Oc2cccc(Nc3nc(-c4ccccn4)cs3)c2)cc1. The minimum absolute atomic E-state index is 0.0232. The number of thiazole rings is 1. The van der Waals surface area contributed by atoms with Crippen LogP contribution in [0.3, 0.4) is 0 Å². The van der Waals surface area contributed by atoms with E-state index in [1.54, 1.807) is 30.5 Å². The van der Waals surface area contributed by atoms with Crippen molar-refractivity contribution in [3.05, 3.63) is 78.3 Å². The van der Waals surface area contributed by atoms with Crippen molar-refractivity contribution < 1.29 is 17.4 Å². The Hall–Kier alpha value is -3.76. The normalized spacial score (nSPS) is 11.0. The first-order valence-electron chi connectivity index (χ1n) is 9.45. The molecule has 0 aliphatic carbocycles. The van der Waals surface area contributed by atoms with Gasteiger partial charge in [-0.3, -0.25) is 9.78 Å². The Morgan fingerprint density at radius 3 is 2.50 bits per heavy atom. The molecule has 2 aromatic heterocycles. The molecular formula is C22H18N4O4S2. The number of hydrogen-bond donors (Lipinski definition) is 2. The number of carbonyl (C=O) groups is 1. The zero-order valence-corrected chi connectivity index (χ0v) is 18.5. The van der Waals surface area contributed by atoms with E-state index in [4.69, 9.17) is 4.18 Å². The molecule has 8 nitrogen and oxygen atoms in total. The smallest absolute Gasteiger partial charge is 0.339 e. The monoisotopic (exact) mass is 466 g/mol. The first kappa shape index (κ1) is 21.5. The maximum Gasteiger partial charge on any atom is 0.339 e. The third-order valence-electron chi connectivity index (χ3n) is 4.19. The molecule has 4 rings (SSSR count). The molecule has 162 valence electrons. The number of pyridine rings is 1. The van der Waals surface area contributed by atoms with E-state index in [2.05, 4.69) is 20.6 Å². The standard InChI is InChI=1S/C22H18N4O4S2/c1-15(27)24-16-8-10-19(11-9-16)32(28,29)30-18-6-4-5-17(13-18)25-22-26-21(14-31-22)20-7-2-3-12-23-20/h2-14H,1H3,(H,24,27)(H,25,26). The van der Waals surface area contributed by atoms with Crippen LogP contribution in [-0.2, 0) is 14.9 Å². The zero-order chi connectivity index (χ0) is 22.6. The maximum atomic E-state index is 12.6. The second-order valence-electron chi connectivity index (χ2n) is 6.65. The summed E-state index contributed by atoms with van der Waals surface area (Å²) in [6.07, 6.45) is 1.70. The number of hydrogen-bond acceptors (Lipinski definition) is 8. The maximum absolute atomic E-state index is 12.6. The molecule has 2 N–H and O–H groups in total. The van der Waals surface area contributed by atoms with Crippen molar-refractivity contribution >= 4 is 43.9 Å². The van der Waals surface area contributed by atoms with Crippen molar-refractivity contribution in [1.82, 2.24) is 9.97 Å². The van der Waals surface area contributed by atoms with Crippen LogP contribution in [0.15, 0.2) is 83.2 Å². The average molecular weight is 467 g/mol. The Kier molecular flexibility index (Phi) is 6.15. The van der Waals surface area contributed by atoms with Gasteiger partial charge in [0.05, 0.1) is 5.69 Å². The summed E-state index contributed by atoms with van der Waals surface area (Å²) in [6.45, 7) is 1.37. The number of aromatic nitrogens is 2. The molecule has 2 heterocycles. The number of anilines is 3. The summed E-state index contributed by atoms with van der Waals surface area (Å²) in [5.74, 6) is -0.0870. The quantitative estimate of drug-likeness (QED) is 0.381. The van der Waals surface area contributed by atoms with Gasteiger partial charge < -0.3 is 14.8 Å². The molecule has 2 aromatic carbocycles. The van der Waals surface area contributed by atoms with Crippen molar-refractivity contribution in [3.8, 4) is 17.1 Å². The van der Waals surface area contributed by atoms with Crippen LogP contribution in [0.2, 0.25) is 0 Å². The van der Waals surface area contributed by atoms with Gasteiger partial charge in [0, 0.05) is 35.9 Å². The molecule has 0 fully saturated rings. The lowest BCUT2D eigenvalue weighted by molar-refractivity contribution is -0.114. The molecule has 0 aliphatic heterocycles. The second-order valence-corrected chi connectivity index (χ2v) is 9.05. The Balaban J connectivity index is 1.47. The summed E-state index contributed by atoms with van der Waals surface area (Å²) >= 11 is 1.41. The van der Waals surface area contributed by atoms with E-state index in [-0.39, 0.29) is 16.6 Å². The molecule has 10 heteroatoms. The van der Waals surface area contributed by atoms with Crippen LogP contribution in [0.4, 0.5) is 16.5 Å². The summed E-state index contributed by atoms with van der Waals surface area (Å²) in [5, 5.41) is 8.26. The van der Waals surface area contributed by atoms with Crippen LogP contribution in [0.5, 0.6) is 5.75 Å². The van der Waals surface area contributed by atoms with Crippen LogP contribution in [0, 0.1) is 0 Å². The number of nitrogens with one attached hydrogen (secondary N) is 2. The predicted molar refractivity (Wildman–Crippen MR) is 124 cm³/mol. The highest BCUT2D eigenvalue weighted by atomic mass is 32.2. The summed E-state index contributed by atoms with van der Waals surface area (Å²) in [7, 11) is -4.04. The molecular weight excluding hydrogens is 448 g/mol. The predicted octanol–water partition coefficient (Wildman–Crippen LogP) is 4.67. The second kappa shape index (κ2) is 9.16. The molecule has 0 atom stereocenters. The Morgan fingerprint density at radius 2 is 1.78 bits per heavy atom. The van der Waals surface area contributed by atoms with Gasteiger partial charge in [-0.2, -0.15) is 8.42 Å². The molecule has 4 aromatic rings. The van der Waals surface area contributed by atoms with E-state index in [1.807, 2.05) is 23.6 Å². The lowest BCUT2D eigenvalue weighted by Crippen LogP contribution is -2.10. The Bertz CT molecular complexity index is 1340. The van der Waals surface area contributed by atoms with E-state index in [1.165, 1.54) is 42.5 Å². The minimum atomic E-state index is -4.04. The third kappa shape index (κ3) is 5.29. The van der Waals surface area contributed by atoms with Crippen molar-refractivity contribution in [2.75, 3.05) is 10.6 Å². The molecule has 0 saturated carbocycles. The number of amides is 1. The summed E-state index contributed by atoms with van der Waals surface area (Å²) in [5.41, 5.74) is 2.64. The van der Waals surface area contributed by atoms with Crippen LogP contribution in [-0.4, -0.2) is 24.3 Å². The molecule has 0 unspecified atom stereocenters. The van der Waals surface area contributed by atoms with Crippen LogP contribution >= 0.6 is 11.3 Å². The highest BCUT2D eigenvalue weighted by molar-refractivity contribution is 7.87. The number of carbonyl (C=O) groups excluding carboxylic acids is 1. The first-order chi connectivity index (χ1) is 15.4. The van der Waals surface area contributed by atoms with E-state index in [9.17, 15) is 13.2 Å². The topological polar surface area (TPSA) is 110 Å². The molecule has 0 bridgehead atoms. The van der Waals surface area contributed by atoms with Gasteiger partial charge in [0.25, 0.3) is 0 Å². The van der Waals surface area contributed by atoms with E-state index in [0.29, 0.717) is 16.5 Å². The van der Waals surface area contributed by atoms with E-state index in [0.717, 1.165) is 11.4 Å². The lowest BCUT2D eigenvalue weighted by atomic mass is 10.3. The van der Waals surface area contributed by atoms with Gasteiger partial charge in [-0.05, 0) is 48.5 Å². The molecule has 1 amide bonds. The summed E-state index contributed by atoms with van der Waals surface area (Å²) in [4.78, 5) is 19.9. The van der Waals surface area contributed by atoms with Gasteiger partial charge in [0.15, 0.2) is 5.13 Å². The van der Waals surface area contributed by atoms with Gasteiger partial charge >= 0.3 is 10.1 Å². The third-order valence-corrected chi connectivity index (χ3v) is 6.21. The van der Waals surface area contributed by atoms with Crippen molar-refractivity contribution in [2.24, 2.45) is 0 Å². The molecule has 32 heavy (non-hydrogen) atoms. The largest absolute Gasteiger partial charge is 0.379 e. The number of nitrogens with zero attached hydrogens (tertiary/aromatic N) is 2. The molecule has 0 radical (unpaired) electrons. The van der Waals surface area contributed by atoms with Crippen molar-refractivity contribution in [3.63, 3.8) is 0 Å². The Labute approximate surface area is 189 Å². The highest BCUT2D eigenvalue weighted by Crippen LogP contribution is 2.28. The fraction of sp³-hybridized carbons (Fsp3) is 0.0455. The van der Waals surface area contributed by atoms with Crippen LogP contribution < -0.4 is 14.8 Å². The summed E-state index contributed by atoms with van der Waals surface area (Å²) < 4.78 is 30.5. The van der Waals surface area contributed by atoms with Gasteiger partial charge in [-0.15, -0.1) is 11.3 Å². The fourth-order valence-electron chi connectivity index (χ4n) is 2.80. The minimum Gasteiger partial charge on any atom is -0.379 e. The highest BCUT2D eigenvalue weighted by Gasteiger charge is 2.17. The van der Waals surface area contributed by atoms with Crippen LogP contribution in [0.25, 0.3) is 11.4 Å². The average Bonchev–Trinajstić information content (AvgIpc) is 3.23. The number of rotatable bonds is 7. The number of benzene rings is 2. The zero-order valence-electron chi connectivity index (χ0n) is 16.8. The summed E-state index contributed by atoms with van der Waals surface area (Å²) in [6, 6.07) is 17.9. The van der Waals surface area contributed by atoms with Gasteiger partial charge in [-0.1, -0.05) is 12.1 Å². The molecule has 0 saturated heterocycles. The van der Waals surface area contributed by atoms with Gasteiger partial charge in [0.1, 0.15) is 16.3 Å². The van der Waals surface area contributed by atoms with Gasteiger partial charge in [0.2, 0.25) is 5.91 Å². The molecule has 0 spiro atoms.